The third-order valence-electron chi connectivity index (χ3n) is 4.19. The van der Waals surface area contributed by atoms with Gasteiger partial charge in [0.05, 0.1) is 27.9 Å². The lowest BCUT2D eigenvalue weighted by Crippen LogP contribution is -2.13. The molecule has 0 aliphatic carbocycles. The van der Waals surface area contributed by atoms with E-state index in [4.69, 9.17) is 14.2 Å². The van der Waals surface area contributed by atoms with Gasteiger partial charge in [-0.1, -0.05) is 5.16 Å². The van der Waals surface area contributed by atoms with E-state index in [1.807, 2.05) is 19.9 Å². The number of hydrogen-bond donors (Lipinski definition) is 1. The van der Waals surface area contributed by atoms with Gasteiger partial charge in [0.15, 0.2) is 0 Å². The molecule has 4 heterocycles. The summed E-state index contributed by atoms with van der Waals surface area (Å²) in [6.45, 7) is 5.44. The summed E-state index contributed by atoms with van der Waals surface area (Å²) in [5, 5.41) is 18.7. The largest absolute Gasteiger partial charge is 0.466 e. The van der Waals surface area contributed by atoms with Crippen molar-refractivity contribution in [3.05, 3.63) is 51.9 Å². The zero-order valence-electron chi connectivity index (χ0n) is 14.8. The van der Waals surface area contributed by atoms with Gasteiger partial charge < -0.3 is 14.3 Å². The highest BCUT2D eigenvalue weighted by Crippen LogP contribution is 2.31. The fourth-order valence-electron chi connectivity index (χ4n) is 2.96. The molecule has 1 N–H and O–H groups in total. The molecule has 0 aliphatic heterocycles. The molecule has 0 atom stereocenters. The van der Waals surface area contributed by atoms with Crippen molar-refractivity contribution in [3.63, 3.8) is 0 Å². The lowest BCUT2D eigenvalue weighted by Gasteiger charge is -2.07. The second-order valence-electron chi connectivity index (χ2n) is 6.06. The minimum Gasteiger partial charge on any atom is -0.466 e. The molecule has 0 radical (unpaired) electrons. The highest BCUT2D eigenvalue weighted by molar-refractivity contribution is 7.14. The number of nitrogens with one attached hydrogen (secondary N) is 1. The average Bonchev–Trinajstić information content (AvgIpc) is 3.33. The van der Waals surface area contributed by atoms with Gasteiger partial charge in [0.25, 0.3) is 11.6 Å². The van der Waals surface area contributed by atoms with Gasteiger partial charge in [0.2, 0.25) is 0 Å². The molecule has 0 saturated heterocycles. The molecule has 0 unspecified atom stereocenters. The first-order chi connectivity index (χ1) is 13.0. The summed E-state index contributed by atoms with van der Waals surface area (Å²) in [5.74, 6) is 1.10. The molecule has 0 fully saturated rings. The Kier molecular flexibility index (Phi) is 4.01. The van der Waals surface area contributed by atoms with Crippen LogP contribution in [0.5, 0.6) is 0 Å². The Balaban J connectivity index is 1.86. The first kappa shape index (κ1) is 17.0. The Morgan fingerprint density at radius 2 is 2.11 bits per heavy atom. The van der Waals surface area contributed by atoms with Gasteiger partial charge in [-0.3, -0.25) is 4.79 Å². The van der Waals surface area contributed by atoms with Gasteiger partial charge in [-0.25, -0.2) is 4.98 Å². The third-order valence-corrected chi connectivity index (χ3v) is 5.02. The Bertz CT molecular complexity index is 1230. The van der Waals surface area contributed by atoms with E-state index in [2.05, 4.69) is 21.5 Å². The molecule has 27 heavy (non-hydrogen) atoms. The van der Waals surface area contributed by atoms with E-state index in [0.717, 1.165) is 11.3 Å². The zero-order chi connectivity index (χ0) is 19.1. The van der Waals surface area contributed by atoms with Crippen molar-refractivity contribution in [2.75, 3.05) is 5.32 Å². The van der Waals surface area contributed by atoms with Crippen LogP contribution in [0.1, 0.15) is 33.1 Å². The Labute approximate surface area is 158 Å². The van der Waals surface area contributed by atoms with Crippen molar-refractivity contribution < 1.29 is 13.7 Å². The molecule has 4 rings (SSSR count). The molecule has 134 valence electrons. The van der Waals surface area contributed by atoms with Crippen LogP contribution >= 0.6 is 11.3 Å². The van der Waals surface area contributed by atoms with Crippen LogP contribution in [0.15, 0.2) is 32.5 Å². The van der Waals surface area contributed by atoms with E-state index < -0.39 is 0 Å². The van der Waals surface area contributed by atoms with Crippen molar-refractivity contribution in [2.45, 2.75) is 20.8 Å². The Morgan fingerprint density at radius 1 is 1.30 bits per heavy atom. The maximum Gasteiger partial charge on any atom is 0.259 e. The Hall–Kier alpha value is -3.44. The van der Waals surface area contributed by atoms with Crippen molar-refractivity contribution in [3.8, 4) is 17.3 Å². The number of hydrogen-bond acceptors (Lipinski definition) is 7. The maximum absolute atomic E-state index is 13.0. The smallest absolute Gasteiger partial charge is 0.259 e. The summed E-state index contributed by atoms with van der Waals surface area (Å²) in [6, 6.07) is 7.28. The molecule has 0 aliphatic rings. The summed E-state index contributed by atoms with van der Waals surface area (Å²) in [6.07, 6.45) is 0. The summed E-state index contributed by atoms with van der Waals surface area (Å²) < 4.78 is 10.9. The van der Waals surface area contributed by atoms with Crippen molar-refractivity contribution in [1.82, 2.24) is 10.1 Å². The maximum atomic E-state index is 13.0. The summed E-state index contributed by atoms with van der Waals surface area (Å²) >= 11 is 1.29. The van der Waals surface area contributed by atoms with Gasteiger partial charge >= 0.3 is 0 Å². The molecule has 0 saturated carbocycles. The molecule has 0 bridgehead atoms. The number of pyridine rings is 1. The predicted octanol–water partition coefficient (Wildman–Crippen LogP) is 4.59. The van der Waals surface area contributed by atoms with Gasteiger partial charge in [0, 0.05) is 5.56 Å². The number of amides is 1. The van der Waals surface area contributed by atoms with Gasteiger partial charge in [-0.05, 0) is 44.4 Å². The Morgan fingerprint density at radius 3 is 2.81 bits per heavy atom. The van der Waals surface area contributed by atoms with Crippen molar-refractivity contribution in [2.24, 2.45) is 0 Å². The summed E-state index contributed by atoms with van der Waals surface area (Å²) in [7, 11) is 0. The highest BCUT2D eigenvalue weighted by atomic mass is 32.1. The minimum atomic E-state index is -0.355. The van der Waals surface area contributed by atoms with E-state index >= 15 is 0 Å². The van der Waals surface area contributed by atoms with Gasteiger partial charge in [0.1, 0.15) is 22.6 Å². The van der Waals surface area contributed by atoms with Crippen LogP contribution in [-0.2, 0) is 0 Å². The van der Waals surface area contributed by atoms with Crippen molar-refractivity contribution >= 4 is 33.3 Å². The van der Waals surface area contributed by atoms with E-state index in [9.17, 15) is 4.79 Å². The second kappa shape index (κ2) is 6.37. The monoisotopic (exact) mass is 378 g/mol. The van der Waals surface area contributed by atoms with Crippen molar-refractivity contribution in [1.29, 1.82) is 5.26 Å². The number of thiophene rings is 1. The fourth-order valence-corrected chi connectivity index (χ4v) is 3.69. The number of nitriles is 1. The SMILES string of the molecule is Cc1cc(-c2cc(C(=O)Nc3sccc3C#N)c3c(C)noc3n2)c(C)o1. The molecule has 0 spiro atoms. The number of furan rings is 1. The lowest BCUT2D eigenvalue weighted by atomic mass is 10.1. The lowest BCUT2D eigenvalue weighted by molar-refractivity contribution is 0.102. The summed E-state index contributed by atoms with van der Waals surface area (Å²) in [5.41, 5.74) is 2.99. The second-order valence-corrected chi connectivity index (χ2v) is 6.98. The zero-order valence-corrected chi connectivity index (χ0v) is 15.6. The molecule has 4 aromatic heterocycles. The molecule has 7 nitrogen and oxygen atoms in total. The number of fused-ring (bicyclic) bond motifs is 1. The van der Waals surface area contributed by atoms with Crippen LogP contribution in [-0.4, -0.2) is 16.0 Å². The van der Waals surface area contributed by atoms with E-state index in [-0.39, 0.29) is 11.6 Å². The first-order valence-corrected chi connectivity index (χ1v) is 8.99. The first-order valence-electron chi connectivity index (χ1n) is 8.11. The number of anilines is 1. The van der Waals surface area contributed by atoms with Crippen LogP contribution in [0.25, 0.3) is 22.4 Å². The summed E-state index contributed by atoms with van der Waals surface area (Å²) in [4.78, 5) is 17.5. The number of carbonyl (C=O) groups is 1. The van der Waals surface area contributed by atoms with E-state index in [1.54, 1.807) is 24.4 Å². The number of carbonyl (C=O) groups excluding carboxylic acids is 1. The number of rotatable bonds is 3. The van der Waals surface area contributed by atoms with E-state index in [1.165, 1.54) is 11.3 Å². The fraction of sp³-hybridized carbons (Fsp3) is 0.158. The molecule has 0 aromatic carbocycles. The molecule has 8 heteroatoms. The quantitative estimate of drug-likeness (QED) is 0.559. The van der Waals surface area contributed by atoms with Crippen LogP contribution in [0, 0.1) is 32.1 Å². The molecule has 4 aromatic rings. The molecular weight excluding hydrogens is 364 g/mol. The minimum absolute atomic E-state index is 0.278. The number of aromatic nitrogens is 2. The topological polar surface area (TPSA) is 105 Å². The predicted molar refractivity (Wildman–Crippen MR) is 101 cm³/mol. The highest BCUT2D eigenvalue weighted by Gasteiger charge is 2.22. The van der Waals surface area contributed by atoms with Crippen LogP contribution in [0.4, 0.5) is 5.00 Å². The molecular formula is C19H14N4O3S. The van der Waals surface area contributed by atoms with Crippen LogP contribution in [0.2, 0.25) is 0 Å². The molecule has 1 amide bonds. The standard InChI is InChI=1S/C19H14N4O3S/c1-9-6-13(11(3)25-9)15-7-14(16-10(2)23-26-18(16)21-15)17(24)22-19-12(8-20)4-5-27-19/h4-7H,1-3H3,(H,22,24). The average molecular weight is 378 g/mol. The normalized spacial score (nSPS) is 10.9. The number of aryl methyl sites for hydroxylation is 3. The van der Waals surface area contributed by atoms with Crippen LogP contribution < -0.4 is 5.32 Å². The van der Waals surface area contributed by atoms with Gasteiger partial charge in [-0.2, -0.15) is 5.26 Å². The van der Waals surface area contributed by atoms with Crippen LogP contribution in [0.3, 0.4) is 0 Å². The third kappa shape index (κ3) is 2.88. The van der Waals surface area contributed by atoms with E-state index in [0.29, 0.717) is 38.7 Å². The number of nitrogens with zero attached hydrogens (tertiary/aromatic N) is 3. The van der Waals surface area contributed by atoms with Gasteiger partial charge in [-0.15, -0.1) is 11.3 Å².